The number of fused-ring (bicyclic) bond motifs is 2. The van der Waals surface area contributed by atoms with Gasteiger partial charge in [0.15, 0.2) is 0 Å². The van der Waals surface area contributed by atoms with Crippen LogP contribution in [0.4, 0.5) is 0 Å². The smallest absolute Gasteiger partial charge is 0.118 e. The Morgan fingerprint density at radius 3 is 2.55 bits per heavy atom. The van der Waals surface area contributed by atoms with Crippen LogP contribution in [0.5, 0.6) is 5.75 Å². The third kappa shape index (κ3) is 4.46. The second-order valence-electron chi connectivity index (χ2n) is 9.36. The van der Waals surface area contributed by atoms with Crippen LogP contribution >= 0.6 is 0 Å². The van der Waals surface area contributed by atoms with E-state index < -0.39 is 0 Å². The van der Waals surface area contributed by atoms with Gasteiger partial charge >= 0.3 is 0 Å². The van der Waals surface area contributed by atoms with E-state index in [-0.39, 0.29) is 0 Å². The number of rotatable bonds is 6. The summed E-state index contributed by atoms with van der Waals surface area (Å²) in [5.41, 5.74) is 4.11. The fraction of sp³-hybridized carbons (Fsp3) is 0.500. The van der Waals surface area contributed by atoms with Crippen molar-refractivity contribution in [2.75, 3.05) is 20.2 Å². The van der Waals surface area contributed by atoms with Crippen molar-refractivity contribution < 1.29 is 9.15 Å². The summed E-state index contributed by atoms with van der Waals surface area (Å²) in [6, 6.07) is 9.33. The highest BCUT2D eigenvalue weighted by atomic mass is 16.5. The third-order valence-corrected chi connectivity index (χ3v) is 7.56. The van der Waals surface area contributed by atoms with Gasteiger partial charge in [0.1, 0.15) is 17.3 Å². The van der Waals surface area contributed by atoms with Crippen molar-refractivity contribution in [1.82, 2.24) is 4.90 Å². The van der Waals surface area contributed by atoms with E-state index in [9.17, 15) is 0 Å². The normalized spacial score (nSPS) is 25.0. The summed E-state index contributed by atoms with van der Waals surface area (Å²) in [6.45, 7) is 8.68. The van der Waals surface area contributed by atoms with E-state index in [2.05, 4.69) is 55.5 Å². The molecule has 0 bridgehead atoms. The number of terminal acetylenes is 1. The van der Waals surface area contributed by atoms with E-state index in [1.54, 1.807) is 7.11 Å². The zero-order valence-electron chi connectivity index (χ0n) is 19.0. The zero-order chi connectivity index (χ0) is 22.0. The first kappa shape index (κ1) is 21.8. The highest BCUT2D eigenvalue weighted by molar-refractivity contribution is 5.56. The first-order valence-corrected chi connectivity index (χ1v) is 11.6. The number of hydrogen-bond donors (Lipinski definition) is 0. The molecule has 5 rings (SSSR count). The Morgan fingerprint density at radius 1 is 1.16 bits per heavy atom. The van der Waals surface area contributed by atoms with Crippen LogP contribution in [0.3, 0.4) is 0 Å². The fourth-order valence-electron chi connectivity index (χ4n) is 5.79. The number of likely N-dealkylation sites (tertiary alicyclic amines) is 1. The lowest BCUT2D eigenvalue weighted by atomic mass is 9.68. The molecule has 2 fully saturated rings. The van der Waals surface area contributed by atoms with Gasteiger partial charge in [0.2, 0.25) is 0 Å². The standard InChI is InChI=1S/C26H33NO2.C2H2/c1-4-22-17(2)29-26-14-20-11-12-27(16-19-5-6-19)25(23(20)15-24(22)26)13-18-7-9-21(28-3)10-8-18;1-2/h4,7-10,19-20,23,25H,1,5-6,11-16H2,2-3H3;1-2H. The van der Waals surface area contributed by atoms with Crippen molar-refractivity contribution in [2.45, 2.75) is 51.5 Å². The van der Waals surface area contributed by atoms with Crippen molar-refractivity contribution in [3.63, 3.8) is 0 Å². The minimum absolute atomic E-state index is 0.615. The zero-order valence-corrected chi connectivity index (χ0v) is 19.0. The average molecular weight is 418 g/mol. The average Bonchev–Trinajstić information content (AvgIpc) is 3.56. The van der Waals surface area contributed by atoms with E-state index in [1.807, 2.05) is 6.08 Å². The summed E-state index contributed by atoms with van der Waals surface area (Å²) in [6.07, 6.45) is 17.5. The van der Waals surface area contributed by atoms with Crippen LogP contribution in [0.25, 0.3) is 6.08 Å². The van der Waals surface area contributed by atoms with Crippen LogP contribution in [0.1, 0.15) is 47.5 Å². The molecule has 0 amide bonds. The molecule has 1 aromatic carbocycles. The number of ether oxygens (including phenoxy) is 1. The quantitative estimate of drug-likeness (QED) is 0.577. The second-order valence-corrected chi connectivity index (χ2v) is 9.36. The number of furan rings is 1. The molecule has 3 aliphatic rings. The van der Waals surface area contributed by atoms with Crippen LogP contribution in [0.15, 0.2) is 35.3 Å². The third-order valence-electron chi connectivity index (χ3n) is 7.56. The Bertz CT molecular complexity index is 918. The molecule has 2 heterocycles. The minimum atomic E-state index is 0.615. The van der Waals surface area contributed by atoms with Crippen LogP contribution in [0.2, 0.25) is 0 Å². The largest absolute Gasteiger partial charge is 0.497 e. The van der Waals surface area contributed by atoms with Gasteiger partial charge in [-0.05, 0) is 81.0 Å². The summed E-state index contributed by atoms with van der Waals surface area (Å²) < 4.78 is 11.5. The molecule has 31 heavy (non-hydrogen) atoms. The monoisotopic (exact) mass is 417 g/mol. The van der Waals surface area contributed by atoms with E-state index >= 15 is 0 Å². The van der Waals surface area contributed by atoms with Crippen molar-refractivity contribution in [1.29, 1.82) is 0 Å². The lowest BCUT2D eigenvalue weighted by Gasteiger charge is -2.48. The van der Waals surface area contributed by atoms with Crippen LogP contribution in [0, 0.1) is 37.5 Å². The van der Waals surface area contributed by atoms with Gasteiger partial charge in [0, 0.05) is 30.1 Å². The summed E-state index contributed by atoms with van der Waals surface area (Å²) in [7, 11) is 1.74. The molecule has 0 N–H and O–H groups in total. The van der Waals surface area contributed by atoms with E-state index in [0.717, 1.165) is 42.6 Å². The van der Waals surface area contributed by atoms with Gasteiger partial charge in [-0.1, -0.05) is 24.8 Å². The summed E-state index contributed by atoms with van der Waals surface area (Å²) >= 11 is 0. The molecule has 164 valence electrons. The number of benzene rings is 1. The fourth-order valence-corrected chi connectivity index (χ4v) is 5.79. The van der Waals surface area contributed by atoms with Gasteiger partial charge in [-0.2, -0.15) is 0 Å². The number of hydrogen-bond acceptors (Lipinski definition) is 3. The molecule has 0 spiro atoms. The molecular formula is C28H35NO2. The maximum Gasteiger partial charge on any atom is 0.118 e. The summed E-state index contributed by atoms with van der Waals surface area (Å²) in [5, 5.41) is 0. The van der Waals surface area contributed by atoms with Gasteiger partial charge in [-0.3, -0.25) is 4.90 Å². The van der Waals surface area contributed by atoms with Gasteiger partial charge < -0.3 is 9.15 Å². The maximum absolute atomic E-state index is 6.16. The Labute approximate surface area is 187 Å². The van der Waals surface area contributed by atoms with Crippen molar-refractivity contribution in [3.8, 4) is 18.6 Å². The molecule has 2 aromatic rings. The topological polar surface area (TPSA) is 25.6 Å². The van der Waals surface area contributed by atoms with E-state index in [4.69, 9.17) is 9.15 Å². The van der Waals surface area contributed by atoms with Crippen LogP contribution < -0.4 is 4.74 Å². The van der Waals surface area contributed by atoms with E-state index in [1.165, 1.54) is 54.8 Å². The van der Waals surface area contributed by atoms with Gasteiger partial charge in [0.25, 0.3) is 0 Å². The molecule has 3 atom stereocenters. The lowest BCUT2D eigenvalue weighted by molar-refractivity contribution is 0.0361. The molecule has 3 heteroatoms. The van der Waals surface area contributed by atoms with Gasteiger partial charge in [0.05, 0.1) is 7.11 Å². The molecule has 2 aliphatic carbocycles. The van der Waals surface area contributed by atoms with Crippen molar-refractivity contribution in [2.24, 2.45) is 17.8 Å². The molecule has 1 saturated heterocycles. The molecule has 0 radical (unpaired) electrons. The Balaban J connectivity index is 0.00000112. The van der Waals surface area contributed by atoms with Crippen molar-refractivity contribution in [3.05, 3.63) is 59.1 Å². The predicted molar refractivity (Wildman–Crippen MR) is 127 cm³/mol. The van der Waals surface area contributed by atoms with Crippen molar-refractivity contribution >= 4 is 6.08 Å². The summed E-state index contributed by atoms with van der Waals surface area (Å²) in [4.78, 5) is 2.83. The molecular weight excluding hydrogens is 382 g/mol. The number of piperidine rings is 1. The molecule has 3 nitrogen and oxygen atoms in total. The van der Waals surface area contributed by atoms with Gasteiger partial charge in [-0.25, -0.2) is 0 Å². The van der Waals surface area contributed by atoms with Crippen LogP contribution in [-0.2, 0) is 19.3 Å². The number of nitrogens with zero attached hydrogens (tertiary/aromatic N) is 1. The second kappa shape index (κ2) is 9.37. The molecule has 1 aromatic heterocycles. The molecule has 3 unspecified atom stereocenters. The first-order valence-electron chi connectivity index (χ1n) is 11.6. The van der Waals surface area contributed by atoms with E-state index in [0.29, 0.717) is 12.0 Å². The Kier molecular flexibility index (Phi) is 6.58. The predicted octanol–water partition coefficient (Wildman–Crippen LogP) is 5.55. The number of aryl methyl sites for hydroxylation is 1. The first-order chi connectivity index (χ1) is 15.2. The highest BCUT2D eigenvalue weighted by Crippen LogP contribution is 2.44. The molecule has 1 aliphatic heterocycles. The Morgan fingerprint density at radius 2 is 1.90 bits per heavy atom. The minimum Gasteiger partial charge on any atom is -0.497 e. The number of methoxy groups -OCH3 is 1. The van der Waals surface area contributed by atoms with Crippen LogP contribution in [-0.4, -0.2) is 31.1 Å². The SMILES string of the molecule is C#C.C=Cc1c(C)oc2c1CC1C(CCN(CC3CC3)C1Cc1ccc(OC)cc1)C2. The lowest BCUT2D eigenvalue weighted by Crippen LogP contribution is -2.53. The Hall–Kier alpha value is -2.44. The molecule has 1 saturated carbocycles. The summed E-state index contributed by atoms with van der Waals surface area (Å²) in [5.74, 6) is 5.60. The van der Waals surface area contributed by atoms with Gasteiger partial charge in [-0.15, -0.1) is 12.8 Å². The highest BCUT2D eigenvalue weighted by Gasteiger charge is 2.43. The maximum atomic E-state index is 6.16.